The minimum Gasteiger partial charge on any atom is -0.352 e. The fourth-order valence-corrected chi connectivity index (χ4v) is 1.90. The number of hydrogen-bond acceptors (Lipinski definition) is 6. The maximum atomic E-state index is 10.5. The molecular weight excluding hydrogens is 230 g/mol. The molecule has 2 rings (SSSR count). The van der Waals surface area contributed by atoms with E-state index in [9.17, 15) is 10.1 Å². The molecule has 0 bridgehead atoms. The number of anilines is 1. The van der Waals surface area contributed by atoms with E-state index >= 15 is 0 Å². The smallest absolute Gasteiger partial charge is 0.345 e. The molecule has 0 radical (unpaired) electrons. The Morgan fingerprint density at radius 1 is 1.62 bits per heavy atom. The molecule has 0 fully saturated rings. The summed E-state index contributed by atoms with van der Waals surface area (Å²) in [5, 5.41) is 14.0. The Hall–Kier alpha value is -1.96. The van der Waals surface area contributed by atoms with E-state index in [1.54, 1.807) is 12.4 Å². The van der Waals surface area contributed by atoms with Gasteiger partial charge in [0.05, 0.1) is 11.0 Å². The van der Waals surface area contributed by atoms with Gasteiger partial charge < -0.3 is 10.3 Å². The first kappa shape index (κ1) is 10.6. The van der Waals surface area contributed by atoms with Gasteiger partial charge in [-0.25, -0.2) is 9.97 Å². The Morgan fingerprint density at radius 2 is 2.44 bits per heavy atom. The zero-order valence-corrected chi connectivity index (χ0v) is 9.19. The first-order valence-corrected chi connectivity index (χ1v) is 5.34. The minimum atomic E-state index is -0.458. The van der Waals surface area contributed by atoms with Gasteiger partial charge in [0.2, 0.25) is 0 Å². The number of H-pyrrole nitrogens is 1. The fraction of sp³-hybridized carbons (Fsp3) is 0.250. The summed E-state index contributed by atoms with van der Waals surface area (Å²) in [6.07, 6.45) is 4.61. The first-order valence-electron chi connectivity index (χ1n) is 4.53. The van der Waals surface area contributed by atoms with Crippen molar-refractivity contribution in [2.24, 2.45) is 0 Å². The minimum absolute atomic E-state index is 0.0224. The Balaban J connectivity index is 2.06. The van der Waals surface area contributed by atoms with Crippen LogP contribution in [0.15, 0.2) is 18.6 Å². The highest BCUT2D eigenvalue weighted by Gasteiger charge is 2.14. The van der Waals surface area contributed by atoms with Crippen LogP contribution in [0.4, 0.5) is 10.1 Å². The predicted molar refractivity (Wildman–Crippen MR) is 59.4 cm³/mol. The topological polar surface area (TPSA) is 96.7 Å². The normalized spacial score (nSPS) is 12.3. The van der Waals surface area contributed by atoms with Crippen molar-refractivity contribution in [3.05, 3.63) is 34.5 Å². The second kappa shape index (κ2) is 4.27. The molecule has 0 spiro atoms. The number of rotatable bonds is 4. The summed E-state index contributed by atoms with van der Waals surface area (Å²) in [6, 6.07) is -0.0687. The van der Waals surface area contributed by atoms with Gasteiger partial charge in [-0.1, -0.05) is 0 Å². The quantitative estimate of drug-likeness (QED) is 0.627. The molecule has 84 valence electrons. The van der Waals surface area contributed by atoms with Gasteiger partial charge in [0, 0.05) is 12.4 Å². The van der Waals surface area contributed by atoms with Crippen LogP contribution in [0.3, 0.4) is 0 Å². The van der Waals surface area contributed by atoms with E-state index in [0.29, 0.717) is 5.13 Å². The van der Waals surface area contributed by atoms with Gasteiger partial charge in [0.1, 0.15) is 12.0 Å². The van der Waals surface area contributed by atoms with Gasteiger partial charge in [0.15, 0.2) is 5.13 Å². The first-order chi connectivity index (χ1) is 7.66. The van der Waals surface area contributed by atoms with Crippen molar-refractivity contribution in [1.82, 2.24) is 15.0 Å². The van der Waals surface area contributed by atoms with E-state index in [2.05, 4.69) is 20.3 Å². The molecule has 2 heterocycles. The highest BCUT2D eigenvalue weighted by atomic mass is 32.1. The second-order valence-electron chi connectivity index (χ2n) is 3.10. The van der Waals surface area contributed by atoms with Gasteiger partial charge in [-0.2, -0.15) is 0 Å². The molecule has 0 aromatic carbocycles. The van der Waals surface area contributed by atoms with E-state index in [1.807, 2.05) is 6.92 Å². The molecule has 0 amide bonds. The van der Waals surface area contributed by atoms with Crippen LogP contribution in [0, 0.1) is 10.1 Å². The lowest BCUT2D eigenvalue weighted by Gasteiger charge is -2.08. The summed E-state index contributed by atoms with van der Waals surface area (Å²) >= 11 is 1.00. The van der Waals surface area contributed by atoms with Crippen molar-refractivity contribution in [2.75, 3.05) is 5.32 Å². The van der Waals surface area contributed by atoms with Gasteiger partial charge in [-0.3, -0.25) is 10.1 Å². The van der Waals surface area contributed by atoms with Crippen LogP contribution >= 0.6 is 11.3 Å². The lowest BCUT2D eigenvalue weighted by atomic mass is 10.3. The lowest BCUT2D eigenvalue weighted by Crippen LogP contribution is -2.07. The Kier molecular flexibility index (Phi) is 2.82. The number of hydrogen-bond donors (Lipinski definition) is 2. The molecule has 0 aliphatic heterocycles. The SMILES string of the molecule is CC(Nc1ncc([N+](=O)[O-])s1)c1ncc[nH]1. The summed E-state index contributed by atoms with van der Waals surface area (Å²) in [4.78, 5) is 20.9. The third-order valence-electron chi connectivity index (χ3n) is 1.94. The number of aromatic amines is 1. The molecule has 1 atom stereocenters. The Labute approximate surface area is 94.7 Å². The van der Waals surface area contributed by atoms with Crippen LogP contribution in [-0.2, 0) is 0 Å². The molecule has 8 heteroatoms. The van der Waals surface area contributed by atoms with Gasteiger partial charge in [0.25, 0.3) is 0 Å². The number of nitrogens with zero attached hydrogens (tertiary/aromatic N) is 3. The van der Waals surface area contributed by atoms with Crippen molar-refractivity contribution in [3.8, 4) is 0 Å². The average Bonchev–Trinajstić information content (AvgIpc) is 2.87. The molecule has 2 aromatic heterocycles. The standard InChI is InChI=1S/C8H9N5O2S/c1-5(7-9-2-3-10-7)12-8-11-4-6(16-8)13(14)15/h2-5H,1H3,(H,9,10)(H,11,12). The van der Waals surface area contributed by atoms with E-state index in [-0.39, 0.29) is 11.0 Å². The van der Waals surface area contributed by atoms with E-state index in [0.717, 1.165) is 17.2 Å². The Morgan fingerprint density at radius 3 is 3.00 bits per heavy atom. The maximum absolute atomic E-state index is 10.5. The lowest BCUT2D eigenvalue weighted by molar-refractivity contribution is -0.380. The van der Waals surface area contributed by atoms with Gasteiger partial charge in [-0.15, -0.1) is 0 Å². The van der Waals surface area contributed by atoms with Crippen LogP contribution in [0.5, 0.6) is 0 Å². The van der Waals surface area contributed by atoms with Crippen molar-refractivity contribution in [2.45, 2.75) is 13.0 Å². The van der Waals surface area contributed by atoms with E-state index in [4.69, 9.17) is 0 Å². The second-order valence-corrected chi connectivity index (χ2v) is 4.11. The largest absolute Gasteiger partial charge is 0.352 e. The average molecular weight is 239 g/mol. The summed E-state index contributed by atoms with van der Waals surface area (Å²) in [6.45, 7) is 1.89. The van der Waals surface area contributed by atoms with Gasteiger partial charge >= 0.3 is 5.00 Å². The number of aromatic nitrogens is 3. The molecule has 2 N–H and O–H groups in total. The summed E-state index contributed by atoms with van der Waals surface area (Å²) in [7, 11) is 0. The third-order valence-corrected chi connectivity index (χ3v) is 2.82. The molecule has 0 aliphatic rings. The molecule has 1 unspecified atom stereocenters. The zero-order valence-electron chi connectivity index (χ0n) is 8.38. The van der Waals surface area contributed by atoms with Crippen LogP contribution < -0.4 is 5.32 Å². The van der Waals surface area contributed by atoms with Crippen LogP contribution in [0.2, 0.25) is 0 Å². The predicted octanol–water partition coefficient (Wildman–Crippen LogP) is 1.95. The van der Waals surface area contributed by atoms with Crippen molar-refractivity contribution < 1.29 is 4.92 Å². The molecular formula is C8H9N5O2S. The molecule has 16 heavy (non-hydrogen) atoms. The van der Waals surface area contributed by atoms with Gasteiger partial charge in [-0.05, 0) is 18.3 Å². The van der Waals surface area contributed by atoms with Crippen LogP contribution in [0.25, 0.3) is 0 Å². The van der Waals surface area contributed by atoms with Crippen molar-refractivity contribution in [3.63, 3.8) is 0 Å². The molecule has 2 aromatic rings. The fourth-order valence-electron chi connectivity index (χ4n) is 1.18. The van der Waals surface area contributed by atoms with E-state index < -0.39 is 4.92 Å². The summed E-state index contributed by atoms with van der Waals surface area (Å²) in [5.74, 6) is 0.762. The van der Waals surface area contributed by atoms with Crippen LogP contribution in [0.1, 0.15) is 18.8 Å². The van der Waals surface area contributed by atoms with E-state index in [1.165, 1.54) is 6.20 Å². The number of nitrogens with one attached hydrogen (secondary N) is 2. The summed E-state index contributed by atoms with van der Waals surface area (Å²) < 4.78 is 0. The maximum Gasteiger partial charge on any atom is 0.345 e. The van der Waals surface area contributed by atoms with Crippen molar-refractivity contribution in [1.29, 1.82) is 0 Å². The third kappa shape index (κ3) is 2.16. The Bertz CT molecular complexity index is 480. The molecule has 0 aliphatic carbocycles. The number of nitro groups is 1. The van der Waals surface area contributed by atoms with Crippen LogP contribution in [-0.4, -0.2) is 19.9 Å². The zero-order chi connectivity index (χ0) is 11.5. The summed E-state index contributed by atoms with van der Waals surface area (Å²) in [5.41, 5.74) is 0. The number of imidazole rings is 1. The monoisotopic (exact) mass is 239 g/mol. The van der Waals surface area contributed by atoms with Crippen molar-refractivity contribution >= 4 is 21.5 Å². The molecule has 0 saturated heterocycles. The molecule has 7 nitrogen and oxygen atoms in total. The highest BCUT2D eigenvalue weighted by Crippen LogP contribution is 2.27. The number of thiazole rings is 1. The highest BCUT2D eigenvalue weighted by molar-refractivity contribution is 7.18. The molecule has 0 saturated carbocycles.